The molecule has 0 aromatic heterocycles. The normalized spacial score (nSPS) is 18.6. The highest BCUT2D eigenvalue weighted by atomic mass is 32.2. The topological polar surface area (TPSA) is 36.9 Å². The first-order valence-electron chi connectivity index (χ1n) is 17.5. The van der Waals surface area contributed by atoms with Gasteiger partial charge < -0.3 is 18.9 Å². The molecule has 0 unspecified atom stereocenters. The van der Waals surface area contributed by atoms with Crippen molar-refractivity contribution in [1.29, 1.82) is 0 Å². The van der Waals surface area contributed by atoms with E-state index in [0.29, 0.717) is 0 Å². The Bertz CT molecular complexity index is 2090. The summed E-state index contributed by atoms with van der Waals surface area (Å²) in [7, 11) is 5.16. The fourth-order valence-electron chi connectivity index (χ4n) is 10.1. The van der Waals surface area contributed by atoms with E-state index in [1.807, 2.05) is 24.3 Å². The van der Waals surface area contributed by atoms with E-state index < -0.39 is 5.60 Å². The lowest BCUT2D eigenvalue weighted by Crippen LogP contribution is -2.44. The average molecular weight is 683 g/mol. The molecule has 0 bridgehead atoms. The number of ether oxygens (including phenoxy) is 4. The second-order valence-electron chi connectivity index (χ2n) is 15.9. The van der Waals surface area contributed by atoms with Crippen molar-refractivity contribution < 1.29 is 18.9 Å². The molecule has 1 spiro atoms. The van der Waals surface area contributed by atoms with Crippen LogP contribution in [0.15, 0.2) is 95.9 Å². The lowest BCUT2D eigenvalue weighted by Gasteiger charge is -2.52. The third kappa shape index (κ3) is 4.87. The Balaban J connectivity index is 1.49. The SMILES string of the molecule is COc1ccc(C2(c3ccc(OC)cc3)C=Cc3c4c(c5cc(SC)c(OC)cc5c3O2)-c2ccccc2C42CC(C)(C)CC(C)(C)C2)cc1. The minimum Gasteiger partial charge on any atom is -0.497 e. The molecule has 5 heteroatoms. The highest BCUT2D eigenvalue weighted by Crippen LogP contribution is 2.67. The highest BCUT2D eigenvalue weighted by molar-refractivity contribution is 7.98. The first-order valence-corrected chi connectivity index (χ1v) is 18.7. The van der Waals surface area contributed by atoms with Crippen LogP contribution in [0.5, 0.6) is 23.0 Å². The van der Waals surface area contributed by atoms with E-state index in [-0.39, 0.29) is 16.2 Å². The average Bonchev–Trinajstić information content (AvgIpc) is 3.38. The molecule has 1 fully saturated rings. The summed E-state index contributed by atoms with van der Waals surface area (Å²) in [5.74, 6) is 3.36. The van der Waals surface area contributed by atoms with Crippen LogP contribution in [0.25, 0.3) is 28.0 Å². The minimum atomic E-state index is -0.901. The van der Waals surface area contributed by atoms with Crippen molar-refractivity contribution >= 4 is 28.6 Å². The fourth-order valence-corrected chi connectivity index (χ4v) is 10.7. The van der Waals surface area contributed by atoms with Gasteiger partial charge in [0.15, 0.2) is 5.60 Å². The van der Waals surface area contributed by atoms with Crippen LogP contribution in [0.2, 0.25) is 0 Å². The molecule has 0 saturated heterocycles. The summed E-state index contributed by atoms with van der Waals surface area (Å²) < 4.78 is 24.8. The van der Waals surface area contributed by atoms with Crippen LogP contribution in [0, 0.1) is 10.8 Å². The van der Waals surface area contributed by atoms with Crippen molar-refractivity contribution in [2.24, 2.45) is 10.8 Å². The third-order valence-electron chi connectivity index (χ3n) is 11.3. The number of rotatable bonds is 6. The van der Waals surface area contributed by atoms with Crippen LogP contribution in [0.4, 0.5) is 0 Å². The molecule has 0 radical (unpaired) electrons. The molecule has 5 aromatic rings. The van der Waals surface area contributed by atoms with Crippen LogP contribution in [0.3, 0.4) is 0 Å². The predicted octanol–water partition coefficient (Wildman–Crippen LogP) is 11.4. The first-order chi connectivity index (χ1) is 24.0. The fraction of sp³-hybridized carbons (Fsp3) is 0.333. The smallest absolute Gasteiger partial charge is 0.178 e. The Kier molecular flexibility index (Phi) is 7.61. The van der Waals surface area contributed by atoms with E-state index in [4.69, 9.17) is 18.9 Å². The number of thioether (sulfide) groups is 1. The molecule has 8 rings (SSSR count). The van der Waals surface area contributed by atoms with Crippen molar-refractivity contribution in [3.63, 3.8) is 0 Å². The molecule has 4 nitrogen and oxygen atoms in total. The van der Waals surface area contributed by atoms with Crippen LogP contribution in [-0.4, -0.2) is 27.6 Å². The molecule has 1 saturated carbocycles. The second kappa shape index (κ2) is 11.6. The molecular formula is C45H46O4S. The molecule has 5 aromatic carbocycles. The Labute approximate surface area is 300 Å². The zero-order valence-electron chi connectivity index (χ0n) is 30.4. The number of hydrogen-bond donors (Lipinski definition) is 0. The summed E-state index contributed by atoms with van der Waals surface area (Å²) in [6, 6.07) is 30.2. The van der Waals surface area contributed by atoms with E-state index in [9.17, 15) is 0 Å². The minimum absolute atomic E-state index is 0.151. The lowest BCUT2D eigenvalue weighted by molar-refractivity contribution is 0.0642. The first kappa shape index (κ1) is 32.8. The van der Waals surface area contributed by atoms with E-state index in [2.05, 4.69) is 107 Å². The van der Waals surface area contributed by atoms with Gasteiger partial charge in [-0.05, 0) is 106 Å². The van der Waals surface area contributed by atoms with Gasteiger partial charge in [0.2, 0.25) is 0 Å². The molecule has 0 N–H and O–H groups in total. The summed E-state index contributed by atoms with van der Waals surface area (Å²) >= 11 is 1.72. The van der Waals surface area contributed by atoms with Crippen LogP contribution in [0.1, 0.15) is 74.8 Å². The van der Waals surface area contributed by atoms with Gasteiger partial charge >= 0.3 is 0 Å². The van der Waals surface area contributed by atoms with Gasteiger partial charge in [0.1, 0.15) is 23.0 Å². The summed E-state index contributed by atoms with van der Waals surface area (Å²) in [6.45, 7) is 9.85. The van der Waals surface area contributed by atoms with Crippen molar-refractivity contribution in [3.8, 4) is 34.1 Å². The van der Waals surface area contributed by atoms with Gasteiger partial charge in [-0.25, -0.2) is 0 Å². The van der Waals surface area contributed by atoms with Crippen molar-refractivity contribution in [2.45, 2.75) is 62.9 Å². The second-order valence-corrected chi connectivity index (χ2v) is 16.7. The largest absolute Gasteiger partial charge is 0.497 e. The number of fused-ring (bicyclic) bond motifs is 10. The zero-order valence-corrected chi connectivity index (χ0v) is 31.2. The number of methoxy groups -OCH3 is 3. The summed E-state index contributed by atoms with van der Waals surface area (Å²) in [5, 5.41) is 2.27. The molecule has 3 aliphatic rings. The summed E-state index contributed by atoms with van der Waals surface area (Å²) in [4.78, 5) is 1.12. The number of hydrogen-bond acceptors (Lipinski definition) is 5. The third-order valence-corrected chi connectivity index (χ3v) is 12.1. The Hall–Kier alpha value is -4.35. The highest BCUT2D eigenvalue weighted by Gasteiger charge is 2.55. The van der Waals surface area contributed by atoms with Gasteiger partial charge in [-0.1, -0.05) is 82.3 Å². The maximum atomic E-state index is 7.66. The Morgan fingerprint density at radius 2 is 1.28 bits per heavy atom. The molecule has 256 valence electrons. The molecule has 2 aliphatic carbocycles. The van der Waals surface area contributed by atoms with Gasteiger partial charge in [0, 0.05) is 32.4 Å². The molecule has 0 atom stereocenters. The maximum absolute atomic E-state index is 7.66. The van der Waals surface area contributed by atoms with Gasteiger partial charge in [-0.15, -0.1) is 11.8 Å². The molecular weight excluding hydrogens is 637 g/mol. The van der Waals surface area contributed by atoms with Gasteiger partial charge in [0.05, 0.1) is 21.3 Å². The summed E-state index contributed by atoms with van der Waals surface area (Å²) in [6.07, 6.45) is 10.1. The monoisotopic (exact) mass is 682 g/mol. The molecule has 1 heterocycles. The number of benzene rings is 5. The predicted molar refractivity (Wildman–Crippen MR) is 206 cm³/mol. The van der Waals surface area contributed by atoms with E-state index in [0.717, 1.165) is 57.2 Å². The van der Waals surface area contributed by atoms with E-state index >= 15 is 0 Å². The standard InChI is InChI=1S/C45H46O4S/c1-42(2)25-43(3,4)27-44(26-42)36-12-10-9-11-32(36)39-34-24-38(50-8)37(48-7)23-35(34)41-33(40(39)44)21-22-45(49-41,28-13-17-30(46-5)18-14-28)29-15-19-31(47-6)20-16-29/h9-24H,25-27H2,1-8H3. The van der Waals surface area contributed by atoms with Gasteiger partial charge in [-0.3, -0.25) is 0 Å². The Morgan fingerprint density at radius 3 is 1.84 bits per heavy atom. The van der Waals surface area contributed by atoms with Crippen molar-refractivity contribution in [2.75, 3.05) is 27.6 Å². The maximum Gasteiger partial charge on any atom is 0.178 e. The van der Waals surface area contributed by atoms with Crippen molar-refractivity contribution in [1.82, 2.24) is 0 Å². The summed E-state index contributed by atoms with van der Waals surface area (Å²) in [5.41, 5.74) is 7.99. The van der Waals surface area contributed by atoms with Crippen LogP contribution < -0.4 is 18.9 Å². The van der Waals surface area contributed by atoms with Crippen LogP contribution >= 0.6 is 11.8 Å². The quantitative estimate of drug-likeness (QED) is 0.167. The zero-order chi connectivity index (χ0) is 35.1. The molecule has 1 aliphatic heterocycles. The Morgan fingerprint density at radius 1 is 0.680 bits per heavy atom. The van der Waals surface area contributed by atoms with E-state index in [1.54, 1.807) is 33.1 Å². The molecule has 50 heavy (non-hydrogen) atoms. The van der Waals surface area contributed by atoms with Crippen molar-refractivity contribution in [3.05, 3.63) is 119 Å². The van der Waals surface area contributed by atoms with Crippen LogP contribution in [-0.2, 0) is 11.0 Å². The van der Waals surface area contributed by atoms with Gasteiger partial charge in [0.25, 0.3) is 0 Å². The molecule has 0 amide bonds. The van der Waals surface area contributed by atoms with Gasteiger partial charge in [-0.2, -0.15) is 0 Å². The lowest BCUT2D eigenvalue weighted by atomic mass is 9.52. The van der Waals surface area contributed by atoms with E-state index in [1.165, 1.54) is 39.6 Å².